The van der Waals surface area contributed by atoms with Gasteiger partial charge in [0.15, 0.2) is 11.9 Å². The summed E-state index contributed by atoms with van der Waals surface area (Å²) in [6.45, 7) is 7.50. The Morgan fingerprint density at radius 2 is 2.05 bits per heavy atom. The molecule has 0 amide bonds. The number of nitrogens with one attached hydrogen (secondary N) is 1. The molecule has 0 radical (unpaired) electrons. The minimum atomic E-state index is -0.254. The third kappa shape index (κ3) is 1.56. The highest BCUT2D eigenvalue weighted by Gasteiger charge is 2.61. The molecule has 1 saturated carbocycles. The first-order valence-corrected chi connectivity index (χ1v) is 8.09. The third-order valence-electron chi connectivity index (χ3n) is 6.00. The normalized spacial score (nSPS) is 37.5. The molecule has 2 aliphatic heterocycles. The van der Waals surface area contributed by atoms with Gasteiger partial charge in [0.05, 0.1) is 0 Å². The highest BCUT2D eigenvalue weighted by Crippen LogP contribution is 2.57. The van der Waals surface area contributed by atoms with Crippen LogP contribution in [0.25, 0.3) is 0 Å². The molecule has 1 aromatic carbocycles. The first kappa shape index (κ1) is 13.3. The number of piperidine rings is 1. The second-order valence-electron chi connectivity index (χ2n) is 7.05. The lowest BCUT2D eigenvalue weighted by Gasteiger charge is -2.50. The van der Waals surface area contributed by atoms with Crippen LogP contribution in [-0.2, 0) is 10.2 Å². The Kier molecular flexibility index (Phi) is 2.74. The lowest BCUT2D eigenvalue weighted by atomic mass is 9.55. The van der Waals surface area contributed by atoms with Gasteiger partial charge in [0, 0.05) is 23.4 Å². The number of benzene rings is 1. The summed E-state index contributed by atoms with van der Waals surface area (Å²) in [4.78, 5) is 12.6. The first-order valence-electron chi connectivity index (χ1n) is 8.09. The summed E-state index contributed by atoms with van der Waals surface area (Å²) in [7, 11) is 0. The second-order valence-corrected chi connectivity index (χ2v) is 7.05. The Balaban J connectivity index is 1.98. The molecule has 0 aromatic heterocycles. The Morgan fingerprint density at radius 1 is 1.29 bits per heavy atom. The summed E-state index contributed by atoms with van der Waals surface area (Å²) in [5.74, 6) is 1.79. The Labute approximate surface area is 126 Å². The fraction of sp³-hybridized carbons (Fsp3) is 0.611. The lowest BCUT2D eigenvalue weighted by Crippen LogP contribution is -2.62. The van der Waals surface area contributed by atoms with E-state index in [2.05, 4.69) is 38.2 Å². The zero-order valence-corrected chi connectivity index (χ0v) is 13.0. The highest BCUT2D eigenvalue weighted by atomic mass is 16.5. The predicted octanol–water partition coefficient (Wildman–Crippen LogP) is 2.66. The number of ether oxygens (including phenoxy) is 1. The van der Waals surface area contributed by atoms with Gasteiger partial charge in [-0.1, -0.05) is 12.1 Å². The SMILES string of the molecule is Cc1ccc(C)c2c1OC1C(=O)CCC3C(C)NCCC213. The molecule has 21 heavy (non-hydrogen) atoms. The maximum Gasteiger partial charge on any atom is 0.174 e. The van der Waals surface area contributed by atoms with Crippen LogP contribution in [0.1, 0.15) is 42.9 Å². The van der Waals surface area contributed by atoms with Gasteiger partial charge in [-0.3, -0.25) is 4.79 Å². The topological polar surface area (TPSA) is 38.3 Å². The Morgan fingerprint density at radius 3 is 2.86 bits per heavy atom. The smallest absolute Gasteiger partial charge is 0.174 e. The number of Topliss-reactive ketones (excluding diaryl/α,β-unsaturated/α-hetero) is 1. The molecule has 3 nitrogen and oxygen atoms in total. The second kappa shape index (κ2) is 4.33. The average molecular weight is 285 g/mol. The molecule has 2 heterocycles. The number of fused-ring (bicyclic) bond motifs is 1. The van der Waals surface area contributed by atoms with Gasteiger partial charge in [-0.15, -0.1) is 0 Å². The molecular formula is C18H23NO2. The number of ketones is 1. The van der Waals surface area contributed by atoms with Crippen molar-refractivity contribution in [2.24, 2.45) is 5.92 Å². The number of carbonyl (C=O) groups excluding carboxylic acids is 1. The van der Waals surface area contributed by atoms with E-state index in [-0.39, 0.29) is 11.5 Å². The third-order valence-corrected chi connectivity index (χ3v) is 6.00. The minimum absolute atomic E-state index is 0.0918. The van der Waals surface area contributed by atoms with E-state index in [1.54, 1.807) is 0 Å². The van der Waals surface area contributed by atoms with Gasteiger partial charge in [0.2, 0.25) is 0 Å². The van der Waals surface area contributed by atoms with Gasteiger partial charge >= 0.3 is 0 Å². The zero-order valence-electron chi connectivity index (χ0n) is 13.0. The number of hydrogen-bond donors (Lipinski definition) is 1. The summed E-state index contributed by atoms with van der Waals surface area (Å²) >= 11 is 0. The molecular weight excluding hydrogens is 262 g/mol. The molecule has 112 valence electrons. The van der Waals surface area contributed by atoms with Gasteiger partial charge in [0.1, 0.15) is 5.75 Å². The molecule has 1 N–H and O–H groups in total. The molecule has 4 rings (SSSR count). The Hall–Kier alpha value is -1.35. The Bertz CT molecular complexity index is 624. The fourth-order valence-electron chi connectivity index (χ4n) is 5.08. The molecule has 4 unspecified atom stereocenters. The van der Waals surface area contributed by atoms with Gasteiger partial charge < -0.3 is 10.1 Å². The number of rotatable bonds is 0. The van der Waals surface area contributed by atoms with Crippen LogP contribution >= 0.6 is 0 Å². The molecule has 3 heteroatoms. The van der Waals surface area contributed by atoms with Crippen molar-refractivity contribution in [1.82, 2.24) is 5.32 Å². The van der Waals surface area contributed by atoms with Crippen molar-refractivity contribution in [2.75, 3.05) is 6.54 Å². The molecule has 0 bridgehead atoms. The van der Waals surface area contributed by atoms with Crippen molar-refractivity contribution >= 4 is 5.78 Å². The van der Waals surface area contributed by atoms with Crippen LogP contribution < -0.4 is 10.1 Å². The molecule has 2 fully saturated rings. The number of carbonyl (C=O) groups is 1. The van der Waals surface area contributed by atoms with E-state index in [1.165, 1.54) is 11.1 Å². The summed E-state index contributed by atoms with van der Waals surface area (Å²) in [5.41, 5.74) is 3.69. The van der Waals surface area contributed by atoms with E-state index < -0.39 is 0 Å². The van der Waals surface area contributed by atoms with Crippen molar-refractivity contribution in [1.29, 1.82) is 0 Å². The van der Waals surface area contributed by atoms with Crippen LogP contribution in [0.4, 0.5) is 0 Å². The minimum Gasteiger partial charge on any atom is -0.481 e. The monoisotopic (exact) mass is 285 g/mol. The highest BCUT2D eigenvalue weighted by molar-refractivity contribution is 5.88. The largest absolute Gasteiger partial charge is 0.481 e. The average Bonchev–Trinajstić information content (AvgIpc) is 2.80. The molecule has 4 atom stereocenters. The van der Waals surface area contributed by atoms with E-state index in [0.29, 0.717) is 24.2 Å². The van der Waals surface area contributed by atoms with Crippen LogP contribution in [0.3, 0.4) is 0 Å². The van der Waals surface area contributed by atoms with Gasteiger partial charge in [-0.2, -0.15) is 0 Å². The first-order chi connectivity index (χ1) is 10.1. The van der Waals surface area contributed by atoms with E-state index in [1.807, 2.05) is 0 Å². The van der Waals surface area contributed by atoms with Crippen LogP contribution in [0, 0.1) is 19.8 Å². The fourth-order valence-corrected chi connectivity index (χ4v) is 5.08. The van der Waals surface area contributed by atoms with Gasteiger partial charge in [-0.25, -0.2) is 0 Å². The summed E-state index contributed by atoms with van der Waals surface area (Å²) in [5, 5.41) is 3.60. The quantitative estimate of drug-likeness (QED) is 0.796. The lowest BCUT2D eigenvalue weighted by molar-refractivity contribution is -0.134. The van der Waals surface area contributed by atoms with Crippen LogP contribution in [-0.4, -0.2) is 24.5 Å². The van der Waals surface area contributed by atoms with Gasteiger partial charge in [0.25, 0.3) is 0 Å². The molecule has 1 aromatic rings. The van der Waals surface area contributed by atoms with Crippen molar-refractivity contribution in [3.05, 3.63) is 28.8 Å². The van der Waals surface area contributed by atoms with Crippen molar-refractivity contribution < 1.29 is 9.53 Å². The zero-order chi connectivity index (χ0) is 14.8. The molecule has 1 spiro atoms. The predicted molar refractivity (Wildman–Crippen MR) is 81.8 cm³/mol. The van der Waals surface area contributed by atoms with E-state index in [0.717, 1.165) is 30.7 Å². The summed E-state index contributed by atoms with van der Waals surface area (Å²) < 4.78 is 6.27. The van der Waals surface area contributed by atoms with Crippen LogP contribution in [0.5, 0.6) is 5.75 Å². The van der Waals surface area contributed by atoms with Crippen LogP contribution in [0.15, 0.2) is 12.1 Å². The van der Waals surface area contributed by atoms with E-state index >= 15 is 0 Å². The van der Waals surface area contributed by atoms with E-state index in [4.69, 9.17) is 4.74 Å². The molecule has 3 aliphatic rings. The summed E-state index contributed by atoms with van der Waals surface area (Å²) in [6, 6.07) is 4.76. The van der Waals surface area contributed by atoms with E-state index in [9.17, 15) is 4.79 Å². The summed E-state index contributed by atoms with van der Waals surface area (Å²) in [6.07, 6.45) is 2.40. The van der Waals surface area contributed by atoms with Crippen molar-refractivity contribution in [2.45, 2.75) is 57.6 Å². The van der Waals surface area contributed by atoms with Crippen molar-refractivity contribution in [3.8, 4) is 5.75 Å². The number of hydrogen-bond acceptors (Lipinski definition) is 3. The van der Waals surface area contributed by atoms with Crippen molar-refractivity contribution in [3.63, 3.8) is 0 Å². The molecule has 1 saturated heterocycles. The maximum atomic E-state index is 12.6. The number of aryl methyl sites for hydroxylation is 2. The molecule has 1 aliphatic carbocycles. The maximum absolute atomic E-state index is 12.6. The van der Waals surface area contributed by atoms with Gasteiger partial charge in [-0.05, 0) is 57.2 Å². The van der Waals surface area contributed by atoms with Crippen LogP contribution in [0.2, 0.25) is 0 Å². The standard InChI is InChI=1S/C18H23NO2/c1-10-4-5-11(2)16-15(10)18-8-9-19-12(3)13(18)6-7-14(20)17(18)21-16/h4-5,12-13,17,19H,6-9H2,1-3H3.